The van der Waals surface area contributed by atoms with Gasteiger partial charge in [-0.15, -0.1) is 0 Å². The van der Waals surface area contributed by atoms with Gasteiger partial charge in [0.25, 0.3) is 0 Å². The summed E-state index contributed by atoms with van der Waals surface area (Å²) in [6.45, 7) is 2.40. The summed E-state index contributed by atoms with van der Waals surface area (Å²) < 4.78 is 5.91. The normalized spacial score (nSPS) is 16.4. The Bertz CT molecular complexity index is 703. The van der Waals surface area contributed by atoms with E-state index in [1.807, 2.05) is 31.2 Å². The molecule has 0 spiro atoms. The highest BCUT2D eigenvalue weighted by atomic mass is 16.5. The van der Waals surface area contributed by atoms with Crippen LogP contribution in [0.25, 0.3) is 11.3 Å². The fourth-order valence-electron chi connectivity index (χ4n) is 2.51. The fourth-order valence-corrected chi connectivity index (χ4v) is 2.51. The summed E-state index contributed by atoms with van der Waals surface area (Å²) in [6.07, 6.45) is 0.828. The van der Waals surface area contributed by atoms with Crippen LogP contribution in [0.1, 0.15) is 16.8 Å². The molecule has 100 valence electrons. The number of hydrogen-bond donors (Lipinski definition) is 1. The number of para-hydroxylation sites is 1. The van der Waals surface area contributed by atoms with Crippen molar-refractivity contribution < 1.29 is 4.74 Å². The maximum atomic E-state index is 9.27. The van der Waals surface area contributed by atoms with Gasteiger partial charge in [0.15, 0.2) is 0 Å². The van der Waals surface area contributed by atoms with E-state index >= 15 is 0 Å². The maximum Gasteiger partial charge on any atom is 0.132 e. The highest BCUT2D eigenvalue weighted by molar-refractivity contribution is 5.74. The van der Waals surface area contributed by atoms with Crippen molar-refractivity contribution in [3.8, 4) is 23.1 Å². The van der Waals surface area contributed by atoms with E-state index in [1.54, 1.807) is 6.07 Å². The number of nitrogens with zero attached hydrogens (tertiary/aromatic N) is 2. The van der Waals surface area contributed by atoms with Crippen LogP contribution in [0.3, 0.4) is 0 Å². The van der Waals surface area contributed by atoms with Crippen LogP contribution in [0.2, 0.25) is 0 Å². The number of hydrogen-bond acceptors (Lipinski definition) is 4. The van der Waals surface area contributed by atoms with Crippen LogP contribution >= 0.6 is 0 Å². The summed E-state index contributed by atoms with van der Waals surface area (Å²) in [4.78, 5) is 4.51. The molecule has 0 radical (unpaired) electrons. The lowest BCUT2D eigenvalue weighted by Crippen LogP contribution is -2.24. The first-order chi connectivity index (χ1) is 9.72. The second-order valence-electron chi connectivity index (χ2n) is 4.93. The van der Waals surface area contributed by atoms with E-state index in [0.717, 1.165) is 29.0 Å². The Labute approximate surface area is 117 Å². The summed E-state index contributed by atoms with van der Waals surface area (Å²) in [5.74, 6) is 0.817. The molecular weight excluding hydrogens is 250 g/mol. The Kier molecular flexibility index (Phi) is 3.13. The zero-order valence-corrected chi connectivity index (χ0v) is 11.3. The lowest BCUT2D eigenvalue weighted by molar-refractivity contribution is 0.242. The zero-order valence-electron chi connectivity index (χ0n) is 11.3. The van der Waals surface area contributed by atoms with Gasteiger partial charge in [-0.1, -0.05) is 12.1 Å². The number of ether oxygens (including phenoxy) is 1. The van der Waals surface area contributed by atoms with E-state index in [2.05, 4.69) is 11.1 Å². The van der Waals surface area contributed by atoms with Crippen molar-refractivity contribution in [3.05, 3.63) is 47.2 Å². The smallest absolute Gasteiger partial charge is 0.132 e. The molecule has 0 aliphatic carbocycles. The van der Waals surface area contributed by atoms with Crippen molar-refractivity contribution in [3.63, 3.8) is 0 Å². The minimum atomic E-state index is 0.0153. The molecule has 0 bridgehead atoms. The average Bonchev–Trinajstić information content (AvgIpc) is 2.90. The molecule has 2 N–H and O–H groups in total. The van der Waals surface area contributed by atoms with Gasteiger partial charge < -0.3 is 10.5 Å². The van der Waals surface area contributed by atoms with E-state index in [0.29, 0.717) is 17.8 Å². The largest absolute Gasteiger partial charge is 0.488 e. The number of aryl methyl sites for hydroxylation is 1. The van der Waals surface area contributed by atoms with Gasteiger partial charge in [0.2, 0.25) is 0 Å². The van der Waals surface area contributed by atoms with Gasteiger partial charge in [-0.05, 0) is 30.7 Å². The third-order valence-corrected chi connectivity index (χ3v) is 3.50. The quantitative estimate of drug-likeness (QED) is 0.903. The Morgan fingerprint density at radius 3 is 3.00 bits per heavy atom. The molecule has 1 aliphatic rings. The molecule has 0 saturated heterocycles. The molecule has 1 aromatic heterocycles. The van der Waals surface area contributed by atoms with Gasteiger partial charge >= 0.3 is 0 Å². The van der Waals surface area contributed by atoms with Crippen molar-refractivity contribution in [2.45, 2.75) is 19.4 Å². The minimum Gasteiger partial charge on any atom is -0.488 e. The van der Waals surface area contributed by atoms with E-state index in [4.69, 9.17) is 10.5 Å². The Balaban J connectivity index is 2.16. The maximum absolute atomic E-state index is 9.27. The highest BCUT2D eigenvalue weighted by Gasteiger charge is 2.25. The van der Waals surface area contributed by atoms with Gasteiger partial charge in [0.05, 0.1) is 11.3 Å². The predicted molar refractivity (Wildman–Crippen MR) is 76.3 cm³/mol. The number of rotatable bonds is 2. The molecule has 2 heterocycles. The van der Waals surface area contributed by atoms with Gasteiger partial charge in [-0.2, -0.15) is 5.26 Å². The number of nitriles is 1. The fraction of sp³-hybridized carbons (Fsp3) is 0.250. The third-order valence-electron chi connectivity index (χ3n) is 3.50. The van der Waals surface area contributed by atoms with Crippen molar-refractivity contribution in [1.29, 1.82) is 5.26 Å². The standard InChI is InChI=1S/C16H15N3O/c1-10-5-6-12(8-17)15(19-10)14-4-2-3-11-7-13(9-18)20-16(11)14/h2-6,13H,7,9,18H2,1H3/t13-/m0/s1. The molecule has 20 heavy (non-hydrogen) atoms. The molecule has 4 nitrogen and oxygen atoms in total. The van der Waals surface area contributed by atoms with Crippen LogP contribution in [0, 0.1) is 18.3 Å². The van der Waals surface area contributed by atoms with Crippen molar-refractivity contribution in [2.24, 2.45) is 5.73 Å². The number of nitrogens with two attached hydrogens (primary N) is 1. The van der Waals surface area contributed by atoms with Crippen molar-refractivity contribution >= 4 is 0 Å². The first-order valence-corrected chi connectivity index (χ1v) is 6.59. The number of fused-ring (bicyclic) bond motifs is 1. The van der Waals surface area contributed by atoms with Crippen LogP contribution < -0.4 is 10.5 Å². The second-order valence-corrected chi connectivity index (χ2v) is 4.93. The molecule has 0 unspecified atom stereocenters. The molecule has 0 fully saturated rings. The number of benzene rings is 1. The average molecular weight is 265 g/mol. The second kappa shape index (κ2) is 4.95. The molecule has 1 atom stereocenters. The lowest BCUT2D eigenvalue weighted by Gasteiger charge is -2.11. The van der Waals surface area contributed by atoms with E-state index < -0.39 is 0 Å². The van der Waals surface area contributed by atoms with Crippen LogP contribution in [-0.4, -0.2) is 17.6 Å². The summed E-state index contributed by atoms with van der Waals surface area (Å²) in [7, 11) is 0. The highest BCUT2D eigenvalue weighted by Crippen LogP contribution is 2.38. The summed E-state index contributed by atoms with van der Waals surface area (Å²) >= 11 is 0. The van der Waals surface area contributed by atoms with Crippen LogP contribution in [-0.2, 0) is 6.42 Å². The molecule has 0 saturated carbocycles. The summed E-state index contributed by atoms with van der Waals surface area (Å²) in [5.41, 5.74) is 9.81. The van der Waals surface area contributed by atoms with Gasteiger partial charge in [0, 0.05) is 24.2 Å². The molecule has 1 aliphatic heterocycles. The van der Waals surface area contributed by atoms with Crippen LogP contribution in [0.4, 0.5) is 0 Å². The zero-order chi connectivity index (χ0) is 14.1. The lowest BCUT2D eigenvalue weighted by atomic mass is 10.0. The van der Waals surface area contributed by atoms with Crippen LogP contribution in [0.15, 0.2) is 30.3 Å². The molecule has 1 aromatic carbocycles. The predicted octanol–water partition coefficient (Wildman–Crippen LogP) is 2.19. The summed E-state index contributed by atoms with van der Waals surface area (Å²) in [5, 5.41) is 9.27. The van der Waals surface area contributed by atoms with E-state index in [1.165, 1.54) is 0 Å². The van der Waals surface area contributed by atoms with Crippen molar-refractivity contribution in [2.75, 3.05) is 6.54 Å². The van der Waals surface area contributed by atoms with E-state index in [-0.39, 0.29) is 6.10 Å². The Morgan fingerprint density at radius 2 is 2.25 bits per heavy atom. The van der Waals surface area contributed by atoms with Crippen LogP contribution in [0.5, 0.6) is 5.75 Å². The molecule has 4 heteroatoms. The first-order valence-electron chi connectivity index (χ1n) is 6.59. The third kappa shape index (κ3) is 2.02. The number of aromatic nitrogens is 1. The molecule has 3 rings (SSSR count). The minimum absolute atomic E-state index is 0.0153. The Hall–Kier alpha value is -2.38. The molecule has 0 amide bonds. The van der Waals surface area contributed by atoms with Gasteiger partial charge in [-0.25, -0.2) is 0 Å². The van der Waals surface area contributed by atoms with Crippen molar-refractivity contribution in [1.82, 2.24) is 4.98 Å². The first kappa shape index (κ1) is 12.6. The number of pyridine rings is 1. The monoisotopic (exact) mass is 265 g/mol. The Morgan fingerprint density at radius 1 is 1.40 bits per heavy atom. The molecule has 2 aromatic rings. The summed E-state index contributed by atoms with van der Waals surface area (Å²) in [6, 6.07) is 11.8. The van der Waals surface area contributed by atoms with Gasteiger partial charge in [0.1, 0.15) is 17.9 Å². The van der Waals surface area contributed by atoms with E-state index in [9.17, 15) is 5.26 Å². The SMILES string of the molecule is Cc1ccc(C#N)c(-c2cccc3c2O[C@H](CN)C3)n1. The topological polar surface area (TPSA) is 71.9 Å². The van der Waals surface area contributed by atoms with Gasteiger partial charge in [-0.3, -0.25) is 4.98 Å². The molecular formula is C16H15N3O.